The van der Waals surface area contributed by atoms with Crippen LogP contribution in [0.3, 0.4) is 0 Å². The molecule has 89 valence electrons. The zero-order valence-corrected chi connectivity index (χ0v) is 9.49. The average molecular weight is 269 g/mol. The van der Waals surface area contributed by atoms with Crippen LogP contribution in [0.1, 0.15) is 7.43 Å². The SMILES string of the molecule is C.c1c[c]([Cr]([c]2cc[nH]n2)[c]2cc[nH]n2)n[nH]1. The van der Waals surface area contributed by atoms with Gasteiger partial charge in [0.05, 0.1) is 0 Å². The van der Waals surface area contributed by atoms with Gasteiger partial charge in [-0.15, -0.1) is 0 Å². The number of aromatic amines is 3. The van der Waals surface area contributed by atoms with E-state index in [1.54, 1.807) is 0 Å². The second-order valence-electron chi connectivity index (χ2n) is 3.04. The minimum atomic E-state index is -1.43. The van der Waals surface area contributed by atoms with Crippen molar-refractivity contribution in [1.82, 2.24) is 30.6 Å². The first-order valence-corrected chi connectivity index (χ1v) is 6.60. The van der Waals surface area contributed by atoms with Crippen molar-refractivity contribution in [2.45, 2.75) is 7.43 Å². The van der Waals surface area contributed by atoms with Crippen LogP contribution >= 0.6 is 0 Å². The molecule has 0 aromatic carbocycles. The van der Waals surface area contributed by atoms with Gasteiger partial charge in [0.2, 0.25) is 0 Å². The van der Waals surface area contributed by atoms with E-state index >= 15 is 0 Å². The molecule has 0 aliphatic rings. The van der Waals surface area contributed by atoms with Crippen LogP contribution in [-0.4, -0.2) is 30.6 Å². The van der Waals surface area contributed by atoms with E-state index in [0.29, 0.717) is 0 Å². The maximum absolute atomic E-state index is 4.25. The van der Waals surface area contributed by atoms with Gasteiger partial charge in [-0.1, -0.05) is 7.43 Å². The number of nitrogens with one attached hydrogen (secondary N) is 3. The molecule has 3 N–H and O–H groups in total. The van der Waals surface area contributed by atoms with Gasteiger partial charge in [-0.25, -0.2) is 0 Å². The van der Waals surface area contributed by atoms with Gasteiger partial charge in [0.15, 0.2) is 0 Å². The fourth-order valence-corrected chi connectivity index (χ4v) is 4.04. The van der Waals surface area contributed by atoms with Gasteiger partial charge in [0.1, 0.15) is 0 Å². The van der Waals surface area contributed by atoms with E-state index in [1.807, 2.05) is 36.8 Å². The molecule has 0 fully saturated rings. The summed E-state index contributed by atoms with van der Waals surface area (Å²) in [7, 11) is 0. The van der Waals surface area contributed by atoms with Crippen LogP contribution in [0, 0.1) is 0 Å². The quantitative estimate of drug-likeness (QED) is 0.592. The number of rotatable bonds is 3. The van der Waals surface area contributed by atoms with Crippen LogP contribution < -0.4 is 13.7 Å². The van der Waals surface area contributed by atoms with E-state index < -0.39 is 14.1 Å². The van der Waals surface area contributed by atoms with E-state index in [-0.39, 0.29) is 7.43 Å². The normalized spacial score (nSPS) is 10.4. The number of aromatic nitrogens is 6. The fourth-order valence-electron chi connectivity index (χ4n) is 1.40. The predicted molar refractivity (Wildman–Crippen MR) is 61.4 cm³/mol. The molecule has 0 unspecified atom stereocenters. The summed E-state index contributed by atoms with van der Waals surface area (Å²) >= 11 is -1.43. The molecule has 6 nitrogen and oxygen atoms in total. The summed E-state index contributed by atoms with van der Waals surface area (Å²) in [4.78, 5) is 0. The standard InChI is InChI=1S/3C3H3N2.CH4.Cr/c3*1-2-4-5-3-1;;/h3*1-2H,(H,4,5);1H4;. The molecule has 3 aromatic rings. The second-order valence-corrected chi connectivity index (χ2v) is 5.96. The molecule has 0 spiro atoms. The molecular formula is C10H13CrN6. The van der Waals surface area contributed by atoms with Crippen LogP contribution in [0.25, 0.3) is 0 Å². The molecule has 0 bridgehead atoms. The molecule has 7 heteroatoms. The minimum absolute atomic E-state index is 0. The molecule has 0 atom stereocenters. The van der Waals surface area contributed by atoms with E-state index in [4.69, 9.17) is 0 Å². The van der Waals surface area contributed by atoms with E-state index in [1.165, 1.54) is 0 Å². The van der Waals surface area contributed by atoms with Crippen molar-refractivity contribution in [2.75, 3.05) is 0 Å². The Morgan fingerprint density at radius 1 is 0.706 bits per heavy atom. The van der Waals surface area contributed by atoms with Gasteiger partial charge in [-0.05, 0) is 0 Å². The van der Waals surface area contributed by atoms with Crippen molar-refractivity contribution >= 4 is 13.7 Å². The van der Waals surface area contributed by atoms with Crippen molar-refractivity contribution < 1.29 is 14.1 Å². The van der Waals surface area contributed by atoms with Crippen LogP contribution in [0.4, 0.5) is 0 Å². The Bertz CT molecular complexity index is 446. The summed E-state index contributed by atoms with van der Waals surface area (Å²) < 4.78 is 3.08. The molecule has 0 radical (unpaired) electrons. The zero-order valence-electron chi connectivity index (χ0n) is 8.21. The van der Waals surface area contributed by atoms with Crippen LogP contribution in [0.5, 0.6) is 0 Å². The first kappa shape index (κ1) is 11.6. The summed E-state index contributed by atoms with van der Waals surface area (Å²) in [5, 5.41) is 21.3. The average Bonchev–Trinajstić information content (AvgIpc) is 3.02. The van der Waals surface area contributed by atoms with Crippen molar-refractivity contribution in [3.05, 3.63) is 36.8 Å². The summed E-state index contributed by atoms with van der Waals surface area (Å²) in [5.41, 5.74) is 0. The molecule has 17 heavy (non-hydrogen) atoms. The van der Waals surface area contributed by atoms with E-state index in [9.17, 15) is 0 Å². The van der Waals surface area contributed by atoms with Crippen LogP contribution in [0.15, 0.2) is 36.8 Å². The molecule has 0 amide bonds. The Hall–Kier alpha value is -1.84. The summed E-state index contributed by atoms with van der Waals surface area (Å²) in [6.45, 7) is 0. The third-order valence-corrected chi connectivity index (χ3v) is 5.08. The van der Waals surface area contributed by atoms with Gasteiger partial charge < -0.3 is 0 Å². The first-order chi connectivity index (χ1) is 7.95. The zero-order chi connectivity index (χ0) is 10.8. The van der Waals surface area contributed by atoms with Crippen LogP contribution in [0.2, 0.25) is 0 Å². The Kier molecular flexibility index (Phi) is 3.42. The van der Waals surface area contributed by atoms with Crippen molar-refractivity contribution in [2.24, 2.45) is 0 Å². The van der Waals surface area contributed by atoms with Crippen LogP contribution in [-0.2, 0) is 14.1 Å². The molecule has 3 heterocycles. The number of nitrogens with zero attached hydrogens (tertiary/aromatic N) is 3. The Morgan fingerprint density at radius 3 is 1.29 bits per heavy atom. The Balaban J connectivity index is 0.00000108. The van der Waals surface area contributed by atoms with Crippen molar-refractivity contribution in [3.63, 3.8) is 0 Å². The van der Waals surface area contributed by atoms with Gasteiger partial charge in [0, 0.05) is 0 Å². The van der Waals surface area contributed by atoms with Gasteiger partial charge >= 0.3 is 95.2 Å². The van der Waals surface area contributed by atoms with Crippen molar-refractivity contribution in [1.29, 1.82) is 0 Å². The molecule has 0 saturated carbocycles. The topological polar surface area (TPSA) is 86.0 Å². The van der Waals surface area contributed by atoms with E-state index in [2.05, 4.69) is 30.6 Å². The van der Waals surface area contributed by atoms with E-state index in [0.717, 1.165) is 13.7 Å². The number of H-pyrrole nitrogens is 3. The molecule has 0 aliphatic carbocycles. The summed E-state index contributed by atoms with van der Waals surface area (Å²) in [5.74, 6) is 0. The first-order valence-electron chi connectivity index (χ1n) is 4.69. The third-order valence-electron chi connectivity index (χ3n) is 2.05. The fraction of sp³-hybridized carbons (Fsp3) is 0.100. The Labute approximate surface area is 103 Å². The molecule has 0 aliphatic heterocycles. The Morgan fingerprint density at radius 2 is 1.06 bits per heavy atom. The monoisotopic (exact) mass is 269 g/mol. The molecule has 3 rings (SSSR count). The van der Waals surface area contributed by atoms with Crippen molar-refractivity contribution in [3.8, 4) is 0 Å². The number of hydrogen-bond donors (Lipinski definition) is 3. The third kappa shape index (κ3) is 2.16. The summed E-state index contributed by atoms with van der Waals surface area (Å²) in [6, 6.07) is 5.94. The number of hydrogen-bond acceptors (Lipinski definition) is 3. The molecular weight excluding hydrogens is 256 g/mol. The molecule has 3 aromatic heterocycles. The summed E-state index contributed by atoms with van der Waals surface area (Å²) in [6.07, 6.45) is 5.47. The molecule has 0 saturated heterocycles. The van der Waals surface area contributed by atoms with Gasteiger partial charge in [-0.2, -0.15) is 0 Å². The second kappa shape index (κ2) is 5.00. The predicted octanol–water partition coefficient (Wildman–Crippen LogP) is -0.613. The maximum atomic E-state index is 4.25. The van der Waals surface area contributed by atoms with Gasteiger partial charge in [0.25, 0.3) is 0 Å². The van der Waals surface area contributed by atoms with Gasteiger partial charge in [-0.3, -0.25) is 0 Å².